The van der Waals surface area contributed by atoms with E-state index in [-0.39, 0.29) is 6.04 Å². The van der Waals surface area contributed by atoms with E-state index in [2.05, 4.69) is 10.3 Å². The Kier molecular flexibility index (Phi) is 1.58. The number of hydrogen-bond acceptors (Lipinski definition) is 2. The van der Waals surface area contributed by atoms with Crippen LogP contribution in [0.3, 0.4) is 0 Å². The van der Waals surface area contributed by atoms with Crippen molar-refractivity contribution in [1.82, 2.24) is 10.3 Å². The van der Waals surface area contributed by atoms with Gasteiger partial charge < -0.3 is 5.32 Å². The predicted octanol–water partition coefficient (Wildman–Crippen LogP) is 1.26. The Hall–Kier alpha value is -0.960. The van der Waals surface area contributed by atoms with E-state index < -0.39 is 5.95 Å². The van der Waals surface area contributed by atoms with Crippen molar-refractivity contribution in [3.05, 3.63) is 29.8 Å². The molecule has 2 nitrogen and oxygen atoms in total. The van der Waals surface area contributed by atoms with Gasteiger partial charge in [-0.05, 0) is 25.1 Å². The number of rotatable bonds is 1. The zero-order valence-corrected chi connectivity index (χ0v) is 6.05. The summed E-state index contributed by atoms with van der Waals surface area (Å²) < 4.78 is 12.5. The SMILES string of the molecule is Fc1cccc([C@H]2CCN2)n1. The van der Waals surface area contributed by atoms with Gasteiger partial charge >= 0.3 is 0 Å². The second kappa shape index (κ2) is 2.58. The maximum atomic E-state index is 12.5. The highest BCUT2D eigenvalue weighted by Gasteiger charge is 2.19. The zero-order chi connectivity index (χ0) is 7.68. The third kappa shape index (κ3) is 1.24. The van der Waals surface area contributed by atoms with Crippen molar-refractivity contribution in [3.63, 3.8) is 0 Å². The van der Waals surface area contributed by atoms with Crippen molar-refractivity contribution in [2.75, 3.05) is 6.54 Å². The molecule has 1 aromatic rings. The fourth-order valence-corrected chi connectivity index (χ4v) is 1.16. The first-order valence-electron chi connectivity index (χ1n) is 3.72. The molecule has 1 aromatic heterocycles. The number of hydrogen-bond donors (Lipinski definition) is 1. The monoisotopic (exact) mass is 152 g/mol. The summed E-state index contributed by atoms with van der Waals surface area (Å²) >= 11 is 0. The van der Waals surface area contributed by atoms with E-state index in [1.54, 1.807) is 6.07 Å². The number of aromatic nitrogens is 1. The van der Waals surface area contributed by atoms with Gasteiger partial charge in [-0.3, -0.25) is 0 Å². The summed E-state index contributed by atoms with van der Waals surface area (Å²) in [5.41, 5.74) is 0.816. The first kappa shape index (κ1) is 6.73. The summed E-state index contributed by atoms with van der Waals surface area (Å²) in [4.78, 5) is 3.77. The maximum Gasteiger partial charge on any atom is 0.213 e. The Morgan fingerprint density at radius 3 is 2.91 bits per heavy atom. The van der Waals surface area contributed by atoms with Gasteiger partial charge in [0.05, 0.1) is 11.7 Å². The molecular weight excluding hydrogens is 143 g/mol. The molecule has 11 heavy (non-hydrogen) atoms. The topological polar surface area (TPSA) is 24.9 Å². The fraction of sp³-hybridized carbons (Fsp3) is 0.375. The molecule has 1 aliphatic rings. The van der Waals surface area contributed by atoms with Gasteiger partial charge in [-0.15, -0.1) is 0 Å². The summed E-state index contributed by atoms with van der Waals surface area (Å²) in [5, 5.41) is 3.16. The lowest BCUT2D eigenvalue weighted by atomic mass is 10.0. The second-order valence-corrected chi connectivity index (χ2v) is 2.68. The van der Waals surface area contributed by atoms with E-state index >= 15 is 0 Å². The van der Waals surface area contributed by atoms with Crippen LogP contribution in [0.4, 0.5) is 4.39 Å². The molecular formula is C8H9FN2. The van der Waals surface area contributed by atoms with Crippen molar-refractivity contribution in [3.8, 4) is 0 Å². The molecule has 0 radical (unpaired) electrons. The van der Waals surface area contributed by atoms with E-state index in [0.29, 0.717) is 0 Å². The maximum absolute atomic E-state index is 12.5. The van der Waals surface area contributed by atoms with E-state index in [1.807, 2.05) is 6.07 Å². The van der Waals surface area contributed by atoms with Gasteiger partial charge in [0.15, 0.2) is 0 Å². The summed E-state index contributed by atoms with van der Waals surface area (Å²) in [6.07, 6.45) is 1.07. The lowest BCUT2D eigenvalue weighted by Crippen LogP contribution is -2.35. The van der Waals surface area contributed by atoms with Crippen LogP contribution in [0.5, 0.6) is 0 Å². The van der Waals surface area contributed by atoms with Crippen LogP contribution in [-0.4, -0.2) is 11.5 Å². The van der Waals surface area contributed by atoms with Crippen molar-refractivity contribution >= 4 is 0 Å². The molecule has 58 valence electrons. The minimum atomic E-state index is -0.392. The van der Waals surface area contributed by atoms with Gasteiger partial charge in [-0.25, -0.2) is 4.98 Å². The molecule has 1 N–H and O–H groups in total. The number of nitrogens with one attached hydrogen (secondary N) is 1. The number of halogens is 1. The van der Waals surface area contributed by atoms with Gasteiger partial charge in [-0.2, -0.15) is 4.39 Å². The van der Waals surface area contributed by atoms with Crippen molar-refractivity contribution in [2.45, 2.75) is 12.5 Å². The first-order valence-corrected chi connectivity index (χ1v) is 3.72. The van der Waals surface area contributed by atoms with E-state index in [0.717, 1.165) is 18.7 Å². The van der Waals surface area contributed by atoms with Crippen LogP contribution < -0.4 is 5.32 Å². The highest BCUT2D eigenvalue weighted by atomic mass is 19.1. The van der Waals surface area contributed by atoms with Gasteiger partial charge in [-0.1, -0.05) is 6.07 Å². The summed E-state index contributed by atoms with van der Waals surface area (Å²) in [7, 11) is 0. The summed E-state index contributed by atoms with van der Waals surface area (Å²) in [6, 6.07) is 5.19. The Morgan fingerprint density at radius 1 is 1.55 bits per heavy atom. The Labute approximate surface area is 64.5 Å². The molecule has 0 unspecified atom stereocenters. The lowest BCUT2D eigenvalue weighted by molar-refractivity contribution is 0.370. The van der Waals surface area contributed by atoms with Crippen LogP contribution in [0.25, 0.3) is 0 Å². The smallest absolute Gasteiger partial charge is 0.213 e. The molecule has 0 bridgehead atoms. The average molecular weight is 152 g/mol. The summed E-state index contributed by atoms with van der Waals surface area (Å²) in [5.74, 6) is -0.392. The summed E-state index contributed by atoms with van der Waals surface area (Å²) in [6.45, 7) is 1.02. The van der Waals surface area contributed by atoms with E-state index in [4.69, 9.17) is 0 Å². The van der Waals surface area contributed by atoms with Crippen LogP contribution in [0.15, 0.2) is 18.2 Å². The Bertz CT molecular complexity index is 258. The van der Waals surface area contributed by atoms with Gasteiger partial charge in [0, 0.05) is 0 Å². The molecule has 2 rings (SSSR count). The largest absolute Gasteiger partial charge is 0.309 e. The molecule has 1 atom stereocenters. The lowest BCUT2D eigenvalue weighted by Gasteiger charge is -2.26. The standard InChI is InChI=1S/C8H9FN2/c9-8-3-1-2-7(11-8)6-4-5-10-6/h1-3,6,10H,4-5H2/t6-/m1/s1. The molecule has 1 fully saturated rings. The molecule has 0 saturated carbocycles. The van der Waals surface area contributed by atoms with Crippen LogP contribution in [0, 0.1) is 5.95 Å². The number of nitrogens with zero attached hydrogens (tertiary/aromatic N) is 1. The molecule has 0 amide bonds. The van der Waals surface area contributed by atoms with Crippen LogP contribution in [-0.2, 0) is 0 Å². The molecule has 0 aromatic carbocycles. The second-order valence-electron chi connectivity index (χ2n) is 2.68. The molecule has 1 aliphatic heterocycles. The van der Waals surface area contributed by atoms with E-state index in [1.165, 1.54) is 6.07 Å². The van der Waals surface area contributed by atoms with Gasteiger partial charge in [0.25, 0.3) is 0 Å². The molecule has 1 saturated heterocycles. The van der Waals surface area contributed by atoms with Crippen LogP contribution >= 0.6 is 0 Å². The molecule has 0 spiro atoms. The minimum absolute atomic E-state index is 0.283. The normalized spacial score (nSPS) is 22.8. The Morgan fingerprint density at radius 2 is 2.36 bits per heavy atom. The van der Waals surface area contributed by atoms with Crippen molar-refractivity contribution in [2.24, 2.45) is 0 Å². The Balaban J connectivity index is 2.23. The highest BCUT2D eigenvalue weighted by Crippen LogP contribution is 2.20. The fourth-order valence-electron chi connectivity index (χ4n) is 1.16. The molecule has 0 aliphatic carbocycles. The van der Waals surface area contributed by atoms with Crippen LogP contribution in [0.2, 0.25) is 0 Å². The van der Waals surface area contributed by atoms with Gasteiger partial charge in [0.2, 0.25) is 5.95 Å². The molecule has 3 heteroatoms. The minimum Gasteiger partial charge on any atom is -0.309 e. The third-order valence-corrected chi connectivity index (χ3v) is 1.92. The highest BCUT2D eigenvalue weighted by molar-refractivity contribution is 5.11. The third-order valence-electron chi connectivity index (χ3n) is 1.92. The average Bonchev–Trinajstić information content (AvgIpc) is 1.83. The molecule has 2 heterocycles. The first-order chi connectivity index (χ1) is 5.36. The quantitative estimate of drug-likeness (QED) is 0.613. The van der Waals surface area contributed by atoms with Crippen LogP contribution in [0.1, 0.15) is 18.2 Å². The zero-order valence-electron chi connectivity index (χ0n) is 6.05. The van der Waals surface area contributed by atoms with Crippen molar-refractivity contribution < 1.29 is 4.39 Å². The predicted molar refractivity (Wildman–Crippen MR) is 39.6 cm³/mol. The number of pyridine rings is 1. The van der Waals surface area contributed by atoms with Gasteiger partial charge in [0.1, 0.15) is 0 Å². The van der Waals surface area contributed by atoms with Crippen molar-refractivity contribution in [1.29, 1.82) is 0 Å². The van der Waals surface area contributed by atoms with E-state index in [9.17, 15) is 4.39 Å².